The average Bonchev–Trinajstić information content (AvgIpc) is 3.50. The number of rotatable bonds is 7. The number of phenolic OH excluding ortho intramolecular Hbond substituents is 1. The molecule has 5 aliphatic rings. The van der Waals surface area contributed by atoms with E-state index < -0.39 is 35.0 Å². The maximum atomic E-state index is 15.2. The molecule has 9 heteroatoms. The van der Waals surface area contributed by atoms with E-state index in [1.807, 2.05) is 97.1 Å². The molecular formula is C47H42N2O7. The molecule has 1 N–H and O–H groups in total. The first kappa shape index (κ1) is 35.6. The maximum absolute atomic E-state index is 15.2. The highest BCUT2D eigenvalue weighted by atomic mass is 16.5. The summed E-state index contributed by atoms with van der Waals surface area (Å²) in [5.41, 5.74) is 3.57. The van der Waals surface area contributed by atoms with Gasteiger partial charge in [-0.1, -0.05) is 90.5 Å². The van der Waals surface area contributed by atoms with Crippen LogP contribution in [0.25, 0.3) is 11.6 Å². The molecule has 0 spiro atoms. The number of benzene rings is 4. The Balaban J connectivity index is 1.17. The van der Waals surface area contributed by atoms with Crippen LogP contribution in [0.2, 0.25) is 0 Å². The molecule has 1 saturated carbocycles. The number of ketones is 2. The van der Waals surface area contributed by atoms with Gasteiger partial charge in [-0.2, -0.15) is 0 Å². The van der Waals surface area contributed by atoms with Crippen molar-refractivity contribution in [2.45, 2.75) is 18.3 Å². The molecule has 2 amide bonds. The Kier molecular flexibility index (Phi) is 9.05. The maximum Gasteiger partial charge on any atom is 0.238 e. The van der Waals surface area contributed by atoms with Gasteiger partial charge in [0.2, 0.25) is 11.8 Å². The number of aromatic hydroxyl groups is 1. The van der Waals surface area contributed by atoms with Crippen LogP contribution in [0.3, 0.4) is 0 Å². The highest BCUT2D eigenvalue weighted by Gasteiger charge is 2.65. The van der Waals surface area contributed by atoms with E-state index in [0.717, 1.165) is 35.5 Å². The minimum Gasteiger partial charge on any atom is -0.504 e. The van der Waals surface area contributed by atoms with Crippen molar-refractivity contribution in [3.05, 3.63) is 144 Å². The third-order valence-corrected chi connectivity index (χ3v) is 12.6. The number of Topliss-reactive ketones (excluding diaryl/α,β-unsaturated/α-hetero) is 1. The molecule has 0 bridgehead atoms. The van der Waals surface area contributed by atoms with E-state index in [9.17, 15) is 14.7 Å². The fourth-order valence-electron chi connectivity index (χ4n) is 10.0. The van der Waals surface area contributed by atoms with Crippen LogP contribution in [0.15, 0.2) is 127 Å². The molecule has 4 aromatic carbocycles. The number of methoxy groups -OCH3 is 1. The molecule has 6 unspecified atom stereocenters. The number of ether oxygens (including phenoxy) is 2. The summed E-state index contributed by atoms with van der Waals surface area (Å²) in [5.74, 6) is -3.78. The van der Waals surface area contributed by atoms with E-state index in [-0.39, 0.29) is 35.6 Å². The fraction of sp³-hybridized carbons (Fsp3) is 0.277. The number of anilines is 2. The first-order chi connectivity index (χ1) is 27.3. The Bertz CT molecular complexity index is 2310. The molecular weight excluding hydrogens is 705 g/mol. The summed E-state index contributed by atoms with van der Waals surface area (Å²) in [4.78, 5) is 62.9. The minimum atomic E-state index is -1.32. The monoisotopic (exact) mass is 746 g/mol. The lowest BCUT2D eigenvalue weighted by molar-refractivity contribution is -0.135. The highest BCUT2D eigenvalue weighted by Crippen LogP contribution is 2.61. The zero-order valence-corrected chi connectivity index (χ0v) is 31.0. The number of hydrogen-bond donors (Lipinski definition) is 1. The Morgan fingerprint density at radius 2 is 1.52 bits per heavy atom. The fourth-order valence-corrected chi connectivity index (χ4v) is 10.0. The Labute approximate surface area is 325 Å². The second-order valence-corrected chi connectivity index (χ2v) is 15.3. The largest absolute Gasteiger partial charge is 0.504 e. The molecule has 0 aromatic heterocycles. The number of phenols is 1. The van der Waals surface area contributed by atoms with Crippen LogP contribution in [0, 0.1) is 29.6 Å². The Hall–Kier alpha value is -6.06. The molecule has 2 heterocycles. The van der Waals surface area contributed by atoms with Gasteiger partial charge < -0.3 is 19.5 Å². The summed E-state index contributed by atoms with van der Waals surface area (Å²) in [5, 5.41) is 10.3. The van der Waals surface area contributed by atoms with Crippen LogP contribution < -0.4 is 14.5 Å². The second-order valence-electron chi connectivity index (χ2n) is 15.3. The zero-order chi connectivity index (χ0) is 38.6. The van der Waals surface area contributed by atoms with Crippen molar-refractivity contribution in [1.82, 2.24) is 0 Å². The quantitative estimate of drug-likeness (QED) is 0.162. The Morgan fingerprint density at radius 1 is 0.821 bits per heavy atom. The summed E-state index contributed by atoms with van der Waals surface area (Å²) in [6.45, 7) is 2.83. The van der Waals surface area contributed by atoms with Crippen molar-refractivity contribution in [3.8, 4) is 11.5 Å². The smallest absolute Gasteiger partial charge is 0.238 e. The second kappa shape index (κ2) is 14.2. The number of allylic oxidation sites excluding steroid dienone is 5. The van der Waals surface area contributed by atoms with E-state index >= 15 is 9.59 Å². The van der Waals surface area contributed by atoms with Gasteiger partial charge in [0.05, 0.1) is 43.3 Å². The van der Waals surface area contributed by atoms with Gasteiger partial charge in [0.25, 0.3) is 0 Å². The molecule has 56 heavy (non-hydrogen) atoms. The lowest BCUT2D eigenvalue weighted by atomic mass is 9.45. The normalized spacial score (nSPS) is 27.4. The van der Waals surface area contributed by atoms with E-state index in [1.54, 1.807) is 18.2 Å². The van der Waals surface area contributed by atoms with Crippen molar-refractivity contribution in [2.24, 2.45) is 29.6 Å². The van der Waals surface area contributed by atoms with Gasteiger partial charge in [-0.05, 0) is 77.9 Å². The third-order valence-electron chi connectivity index (χ3n) is 12.6. The third kappa shape index (κ3) is 5.63. The van der Waals surface area contributed by atoms with Gasteiger partial charge in [0.15, 0.2) is 23.1 Å². The molecule has 4 aromatic rings. The SMILES string of the molecule is COc1cc(C=CC2C3=CCC4C(=O)N(c5ccc(N6CCOCC6)cc5)C(=O)C4C3CC3C(=O)C(c4ccccc4)=CC(=O)C23c2ccccc2)ccc1O. The van der Waals surface area contributed by atoms with Crippen LogP contribution in [-0.2, 0) is 29.3 Å². The minimum absolute atomic E-state index is 0.000525. The number of nitrogens with zero attached hydrogens (tertiary/aromatic N) is 2. The average molecular weight is 747 g/mol. The number of amides is 2. The van der Waals surface area contributed by atoms with Crippen LogP contribution >= 0.6 is 0 Å². The van der Waals surface area contributed by atoms with Crippen LogP contribution in [0.1, 0.15) is 29.5 Å². The highest BCUT2D eigenvalue weighted by molar-refractivity contribution is 6.31. The van der Waals surface area contributed by atoms with E-state index in [0.29, 0.717) is 42.2 Å². The van der Waals surface area contributed by atoms with E-state index in [1.165, 1.54) is 18.1 Å². The molecule has 2 aliphatic heterocycles. The predicted octanol–water partition coefficient (Wildman–Crippen LogP) is 6.81. The van der Waals surface area contributed by atoms with Crippen molar-refractivity contribution in [3.63, 3.8) is 0 Å². The number of fused-ring (bicyclic) bond motifs is 4. The molecule has 3 fully saturated rings. The van der Waals surface area contributed by atoms with E-state index in [4.69, 9.17) is 9.47 Å². The van der Waals surface area contributed by atoms with Crippen LogP contribution in [0.4, 0.5) is 11.4 Å². The predicted molar refractivity (Wildman–Crippen MR) is 213 cm³/mol. The van der Waals surface area contributed by atoms with E-state index in [2.05, 4.69) is 11.0 Å². The number of carbonyl (C=O) groups excluding carboxylic acids is 4. The topological polar surface area (TPSA) is 113 Å². The van der Waals surface area contributed by atoms with Gasteiger partial charge in [-0.15, -0.1) is 0 Å². The van der Waals surface area contributed by atoms with Gasteiger partial charge in [0.1, 0.15) is 0 Å². The van der Waals surface area contributed by atoms with Crippen molar-refractivity contribution >= 4 is 46.4 Å². The molecule has 3 aliphatic carbocycles. The molecule has 9 nitrogen and oxygen atoms in total. The molecule has 6 atom stereocenters. The van der Waals surface area contributed by atoms with Gasteiger partial charge in [0, 0.05) is 36.2 Å². The molecule has 0 radical (unpaired) electrons. The number of hydrogen-bond acceptors (Lipinski definition) is 8. The first-order valence-corrected chi connectivity index (χ1v) is 19.3. The van der Waals surface area contributed by atoms with Crippen molar-refractivity contribution in [2.75, 3.05) is 43.2 Å². The Morgan fingerprint density at radius 3 is 2.23 bits per heavy atom. The van der Waals surface area contributed by atoms with Crippen LogP contribution in [-0.4, -0.2) is 61.9 Å². The summed E-state index contributed by atoms with van der Waals surface area (Å²) >= 11 is 0. The van der Waals surface area contributed by atoms with Gasteiger partial charge >= 0.3 is 0 Å². The van der Waals surface area contributed by atoms with Crippen molar-refractivity contribution in [1.29, 1.82) is 0 Å². The summed E-state index contributed by atoms with van der Waals surface area (Å²) < 4.78 is 10.9. The van der Waals surface area contributed by atoms with Gasteiger partial charge in [-0.25, -0.2) is 0 Å². The lowest BCUT2D eigenvalue weighted by Gasteiger charge is -2.54. The number of carbonyl (C=O) groups is 4. The summed E-state index contributed by atoms with van der Waals surface area (Å²) in [7, 11) is 1.48. The molecule has 2 saturated heterocycles. The first-order valence-electron chi connectivity index (χ1n) is 19.3. The van der Waals surface area contributed by atoms with Crippen molar-refractivity contribution < 1.29 is 33.8 Å². The molecule has 282 valence electrons. The lowest BCUT2D eigenvalue weighted by Crippen LogP contribution is -2.59. The number of morpholine rings is 1. The molecule has 9 rings (SSSR count). The van der Waals surface area contributed by atoms with Gasteiger partial charge in [-0.3, -0.25) is 24.1 Å². The zero-order valence-electron chi connectivity index (χ0n) is 31.0. The summed E-state index contributed by atoms with van der Waals surface area (Å²) in [6, 6.07) is 31.4. The van der Waals surface area contributed by atoms with Crippen LogP contribution in [0.5, 0.6) is 11.5 Å². The summed E-state index contributed by atoms with van der Waals surface area (Å²) in [6.07, 6.45) is 8.01. The standard InChI is InChI=1S/C47H42N2O7/c1-55-41-26-29(13-21-40(41)50)12-20-38-34-18-19-35-43(46(54)49(45(35)53)33-16-14-32(15-17-33)48-22-24-56-25-23-48)37(34)27-39-44(52)36(30-8-4-2-5-9-30)28-42(51)47(38,39)31-10-6-3-7-11-31/h2-18,20-21,26,28,35,37-39,43,50H,19,22-25,27H2,1H3. The number of imide groups is 1.